The molecule has 1 aliphatic rings. The summed E-state index contributed by atoms with van der Waals surface area (Å²) in [4.78, 5) is 26.3. The Labute approximate surface area is 152 Å². The topological polar surface area (TPSA) is 58.6 Å². The first-order valence-electron chi connectivity index (χ1n) is 8.27. The second kappa shape index (κ2) is 8.06. The van der Waals surface area contributed by atoms with E-state index in [-0.39, 0.29) is 18.0 Å². The number of hydrogen-bond acceptors (Lipinski definition) is 3. The first-order chi connectivity index (χ1) is 11.3. The number of piperidine rings is 1. The first-order valence-corrected chi connectivity index (χ1v) is 9.60. The van der Waals surface area contributed by atoms with E-state index in [1.54, 1.807) is 4.90 Å². The zero-order valence-electron chi connectivity index (χ0n) is 14.5. The summed E-state index contributed by atoms with van der Waals surface area (Å²) in [6.07, 6.45) is 1.42. The zero-order chi connectivity index (χ0) is 17.7. The molecule has 0 unspecified atom stereocenters. The van der Waals surface area contributed by atoms with E-state index in [1.807, 2.05) is 45.0 Å². The van der Waals surface area contributed by atoms with Gasteiger partial charge in [-0.1, -0.05) is 0 Å². The third-order valence-corrected chi connectivity index (χ3v) is 4.55. The van der Waals surface area contributed by atoms with E-state index in [4.69, 9.17) is 4.74 Å². The molecule has 1 atom stereocenters. The monoisotopic (exact) mass is 392 g/mol. The average molecular weight is 392 g/mol. The number of amides is 2. The Morgan fingerprint density at radius 1 is 1.38 bits per heavy atom. The van der Waals surface area contributed by atoms with Crippen molar-refractivity contribution in [2.75, 3.05) is 13.1 Å². The van der Waals surface area contributed by atoms with E-state index in [2.05, 4.69) is 22.2 Å². The summed E-state index contributed by atoms with van der Waals surface area (Å²) in [6, 6.07) is 7.57. The summed E-state index contributed by atoms with van der Waals surface area (Å²) < 4.78 is 5.42. The summed E-state index contributed by atoms with van der Waals surface area (Å²) in [5, 5.41) is 3.88. The van der Waals surface area contributed by atoms with Crippen molar-refractivity contribution in [3.63, 3.8) is 0 Å². The van der Waals surface area contributed by atoms with Crippen LogP contribution < -0.4 is 5.32 Å². The molecule has 2 amide bonds. The van der Waals surface area contributed by atoms with Gasteiger partial charge in [0.25, 0.3) is 0 Å². The number of carbonyl (C=O) groups excluding carboxylic acids is 2. The molecule has 1 aromatic rings. The molecule has 6 heteroatoms. The summed E-state index contributed by atoms with van der Waals surface area (Å²) in [5.41, 5.74) is 1.27. The number of benzene rings is 1. The second-order valence-corrected chi connectivity index (χ2v) is 7.76. The van der Waals surface area contributed by atoms with Crippen molar-refractivity contribution in [3.8, 4) is 0 Å². The van der Waals surface area contributed by atoms with Crippen molar-refractivity contribution in [1.29, 1.82) is 0 Å². The second-order valence-electron chi connectivity index (χ2n) is 7.10. The van der Waals surface area contributed by atoms with E-state index in [0.717, 1.165) is 23.6 Å². The molecule has 1 fully saturated rings. The van der Waals surface area contributed by atoms with E-state index in [9.17, 15) is 9.59 Å². The molecule has 0 aromatic heterocycles. The molecule has 1 saturated heterocycles. The summed E-state index contributed by atoms with van der Waals surface area (Å²) in [6.45, 7) is 6.73. The van der Waals surface area contributed by atoms with Crippen LogP contribution in [0.4, 0.5) is 4.79 Å². The van der Waals surface area contributed by atoms with Crippen molar-refractivity contribution in [1.82, 2.24) is 10.2 Å². The Morgan fingerprint density at radius 2 is 2.12 bits per heavy atom. The van der Waals surface area contributed by atoms with E-state index >= 15 is 0 Å². The number of hydrogen-bond donors (Lipinski definition) is 1. The van der Waals surface area contributed by atoms with E-state index in [1.165, 1.54) is 0 Å². The molecule has 2 rings (SSSR count). The minimum absolute atomic E-state index is 0.0418. The van der Waals surface area contributed by atoms with Crippen LogP contribution in [0, 0.1) is 0 Å². The van der Waals surface area contributed by atoms with Crippen molar-refractivity contribution in [3.05, 3.63) is 35.4 Å². The van der Waals surface area contributed by atoms with Gasteiger partial charge in [-0.3, -0.25) is 0 Å². The number of rotatable bonds is 3. The molecule has 1 aliphatic heterocycles. The van der Waals surface area contributed by atoms with Gasteiger partial charge in [0.15, 0.2) is 0 Å². The molecule has 0 bridgehead atoms. The Bertz CT molecular complexity index is 598. The Morgan fingerprint density at radius 3 is 2.79 bits per heavy atom. The molecule has 0 saturated carbocycles. The molecule has 5 nitrogen and oxygen atoms in total. The van der Waals surface area contributed by atoms with Crippen molar-refractivity contribution >= 4 is 28.9 Å². The molecular weight excluding hydrogens is 367 g/mol. The number of carbonyl (C=O) groups is 2. The maximum atomic E-state index is 12.4. The van der Waals surface area contributed by atoms with Crippen LogP contribution in [0.2, 0.25) is 0 Å². The van der Waals surface area contributed by atoms with Gasteiger partial charge >= 0.3 is 132 Å². The SMILES string of the molecule is CC(C)(C)OC(=O)N1CCC[C@H](NC(=O)c2cccc(C[As])c2)C1. The number of ether oxygens (including phenoxy) is 1. The van der Waals surface area contributed by atoms with Crippen LogP contribution in [-0.2, 0) is 9.95 Å². The van der Waals surface area contributed by atoms with Gasteiger partial charge in [-0.05, 0) is 20.8 Å². The standard InChI is InChI=1S/C18H25AsN2O3/c1-18(2,3)24-17(23)21-9-5-8-15(12-21)20-16(22)14-7-4-6-13(10-14)11-19/h4,6-7,10,15H,5,8-9,11-12H2,1-3H3,(H,20,22)/t15-/m0/s1. The van der Waals surface area contributed by atoms with Gasteiger partial charge in [-0.2, -0.15) is 0 Å². The van der Waals surface area contributed by atoms with Crippen LogP contribution in [0.1, 0.15) is 49.5 Å². The molecule has 24 heavy (non-hydrogen) atoms. The van der Waals surface area contributed by atoms with Crippen molar-refractivity contribution in [2.45, 2.75) is 50.5 Å². The van der Waals surface area contributed by atoms with Crippen molar-refractivity contribution < 1.29 is 14.3 Å². The molecule has 1 aromatic carbocycles. The molecule has 0 spiro atoms. The van der Waals surface area contributed by atoms with E-state index in [0.29, 0.717) is 18.7 Å². The van der Waals surface area contributed by atoms with Crippen molar-refractivity contribution in [2.24, 2.45) is 0 Å². The summed E-state index contributed by atoms with van der Waals surface area (Å²) in [5.74, 6) is -0.0890. The predicted molar refractivity (Wildman–Crippen MR) is 94.2 cm³/mol. The molecular formula is C18H25AsN2O3. The summed E-state index contributed by atoms with van der Waals surface area (Å²) in [7, 11) is 0. The quantitative estimate of drug-likeness (QED) is 0.805. The number of nitrogens with one attached hydrogen (secondary N) is 1. The fraction of sp³-hybridized carbons (Fsp3) is 0.556. The number of likely N-dealkylation sites (tertiary alicyclic amines) is 1. The minimum atomic E-state index is -0.508. The molecule has 0 aliphatic carbocycles. The van der Waals surface area contributed by atoms with Gasteiger partial charge in [0.2, 0.25) is 0 Å². The van der Waals surface area contributed by atoms with Gasteiger partial charge in [-0.25, -0.2) is 0 Å². The van der Waals surface area contributed by atoms with Crippen LogP contribution in [-0.4, -0.2) is 58.5 Å². The molecule has 1 N–H and O–H groups in total. The predicted octanol–water partition coefficient (Wildman–Crippen LogP) is 2.48. The van der Waals surface area contributed by atoms with Gasteiger partial charge in [0.05, 0.1) is 0 Å². The van der Waals surface area contributed by atoms with Crippen LogP contribution in [0.3, 0.4) is 0 Å². The Hall–Kier alpha value is -1.48. The Balaban J connectivity index is 1.94. The van der Waals surface area contributed by atoms with Gasteiger partial charge in [-0.15, -0.1) is 0 Å². The summed E-state index contributed by atoms with van der Waals surface area (Å²) >= 11 is 2.51. The zero-order valence-corrected chi connectivity index (χ0v) is 16.4. The average Bonchev–Trinajstić information content (AvgIpc) is 2.53. The maximum absolute atomic E-state index is 12.4. The van der Waals surface area contributed by atoms with Crippen LogP contribution in [0.25, 0.3) is 0 Å². The van der Waals surface area contributed by atoms with Crippen LogP contribution in [0.5, 0.6) is 0 Å². The molecule has 130 valence electrons. The molecule has 1 heterocycles. The van der Waals surface area contributed by atoms with E-state index < -0.39 is 5.60 Å². The normalized spacial score (nSPS) is 18.2. The number of nitrogens with zero attached hydrogens (tertiary/aromatic N) is 1. The van der Waals surface area contributed by atoms with Crippen LogP contribution >= 0.6 is 0 Å². The van der Waals surface area contributed by atoms with Crippen LogP contribution in [0.15, 0.2) is 24.3 Å². The van der Waals surface area contributed by atoms with Gasteiger partial charge in [0, 0.05) is 0 Å². The molecule has 2 radical (unpaired) electrons. The third kappa shape index (κ3) is 5.55. The Kier molecular flexibility index (Phi) is 6.33. The first kappa shape index (κ1) is 18.9. The fourth-order valence-electron chi connectivity index (χ4n) is 2.67. The van der Waals surface area contributed by atoms with Gasteiger partial charge in [0.1, 0.15) is 0 Å². The van der Waals surface area contributed by atoms with Gasteiger partial charge < -0.3 is 0 Å². The fourth-order valence-corrected chi connectivity index (χ4v) is 3.08. The third-order valence-electron chi connectivity index (χ3n) is 3.78.